The van der Waals surface area contributed by atoms with Crippen LogP contribution in [0.2, 0.25) is 0 Å². The number of aliphatic hydroxyl groups is 1. The first-order valence-electron chi connectivity index (χ1n) is 8.74. The van der Waals surface area contributed by atoms with E-state index >= 15 is 0 Å². The Morgan fingerprint density at radius 3 is 2.50 bits per heavy atom. The number of halogens is 1. The van der Waals surface area contributed by atoms with Crippen LogP contribution in [0.3, 0.4) is 0 Å². The van der Waals surface area contributed by atoms with Gasteiger partial charge in [0, 0.05) is 0 Å². The molecule has 0 aliphatic carbocycles. The Morgan fingerprint density at radius 1 is 1.31 bits per heavy atom. The predicted molar refractivity (Wildman–Crippen MR) is 101 cm³/mol. The molecule has 1 aliphatic heterocycles. The first kappa shape index (κ1) is 20.5. The zero-order valence-corrected chi connectivity index (χ0v) is 16.3. The lowest BCUT2D eigenvalue weighted by Crippen LogP contribution is -2.50. The number of allylic oxidation sites excluding steroid dienone is 1. The van der Waals surface area contributed by atoms with Crippen molar-refractivity contribution in [2.45, 2.75) is 57.2 Å². The number of amides is 2. The maximum Gasteiger partial charge on any atom is 0.417 e. The summed E-state index contributed by atoms with van der Waals surface area (Å²) in [7, 11) is 0. The lowest BCUT2D eigenvalue weighted by Gasteiger charge is -2.29. The Hall–Kier alpha value is -1.85. The first-order valence-corrected chi connectivity index (χ1v) is 9.17. The molecule has 0 bridgehead atoms. The second-order valence-corrected chi connectivity index (χ2v) is 7.88. The normalized spacial score (nSPS) is 21.9. The van der Waals surface area contributed by atoms with E-state index in [0.717, 1.165) is 10.5 Å². The molecule has 0 saturated carbocycles. The lowest BCUT2D eigenvalue weighted by atomic mass is 9.92. The summed E-state index contributed by atoms with van der Waals surface area (Å²) < 4.78 is 5.40. The fourth-order valence-corrected chi connectivity index (χ4v) is 3.10. The molecule has 3 atom stereocenters. The average molecular weight is 380 g/mol. The van der Waals surface area contributed by atoms with Gasteiger partial charge in [-0.2, -0.15) is 0 Å². The fraction of sp³-hybridized carbons (Fsp3) is 0.500. The smallest absolute Gasteiger partial charge is 0.417 e. The summed E-state index contributed by atoms with van der Waals surface area (Å²) in [5.41, 5.74) is 0.130. The summed E-state index contributed by atoms with van der Waals surface area (Å²) in [5, 5.41) is 8.91. The Kier molecular flexibility index (Phi) is 6.48. The van der Waals surface area contributed by atoms with Gasteiger partial charge in [-0.05, 0) is 31.7 Å². The van der Waals surface area contributed by atoms with Gasteiger partial charge in [-0.25, -0.2) is 9.69 Å². The van der Waals surface area contributed by atoms with E-state index in [1.165, 1.54) is 6.08 Å². The highest BCUT2D eigenvalue weighted by Gasteiger charge is 2.52. The molecule has 0 radical (unpaired) electrons. The van der Waals surface area contributed by atoms with Crippen LogP contribution in [0.15, 0.2) is 42.5 Å². The molecule has 1 aromatic carbocycles. The molecule has 26 heavy (non-hydrogen) atoms. The number of carbonyl (C=O) groups is 2. The second-order valence-electron chi connectivity index (χ2n) is 7.41. The summed E-state index contributed by atoms with van der Waals surface area (Å²) in [4.78, 5) is 26.2. The van der Waals surface area contributed by atoms with E-state index in [4.69, 9.17) is 16.3 Å². The van der Waals surface area contributed by atoms with Gasteiger partial charge in [0.1, 0.15) is 11.0 Å². The van der Waals surface area contributed by atoms with E-state index < -0.39 is 35.1 Å². The van der Waals surface area contributed by atoms with E-state index in [1.54, 1.807) is 19.9 Å². The molecule has 2 rings (SSSR count). The van der Waals surface area contributed by atoms with E-state index in [-0.39, 0.29) is 5.92 Å². The molecule has 0 aromatic heterocycles. The Bertz CT molecular complexity index is 672. The number of imide groups is 1. The van der Waals surface area contributed by atoms with Gasteiger partial charge in [0.25, 0.3) is 5.91 Å². The van der Waals surface area contributed by atoms with Gasteiger partial charge in [-0.15, -0.1) is 11.6 Å². The van der Waals surface area contributed by atoms with E-state index in [1.807, 2.05) is 44.2 Å². The topological polar surface area (TPSA) is 66.8 Å². The van der Waals surface area contributed by atoms with Crippen molar-refractivity contribution >= 4 is 23.6 Å². The SMILES string of the molecule is CC(C)/C=C/[C@H](O)[C@@H](Cl)C(=O)N1C(=O)OC(C)(C)[C@H]1Cc1ccccc1. The van der Waals surface area contributed by atoms with Crippen molar-refractivity contribution in [3.63, 3.8) is 0 Å². The van der Waals surface area contributed by atoms with Crippen LogP contribution in [0.5, 0.6) is 0 Å². The van der Waals surface area contributed by atoms with Crippen molar-refractivity contribution in [3.05, 3.63) is 48.0 Å². The molecule has 1 heterocycles. The van der Waals surface area contributed by atoms with Gasteiger partial charge >= 0.3 is 6.09 Å². The van der Waals surface area contributed by atoms with Gasteiger partial charge in [0.2, 0.25) is 0 Å². The number of alkyl halides is 1. The molecular formula is C20H26ClNO4. The lowest BCUT2D eigenvalue weighted by molar-refractivity contribution is -0.130. The molecule has 1 fully saturated rings. The summed E-state index contributed by atoms with van der Waals surface area (Å²) in [6.07, 6.45) is 1.79. The number of hydrogen-bond acceptors (Lipinski definition) is 4. The number of aliphatic hydroxyl groups excluding tert-OH is 1. The van der Waals surface area contributed by atoms with Gasteiger partial charge in [0.05, 0.1) is 12.1 Å². The molecule has 6 heteroatoms. The Balaban J connectivity index is 2.23. The van der Waals surface area contributed by atoms with Gasteiger partial charge in [-0.1, -0.05) is 56.3 Å². The first-order chi connectivity index (χ1) is 12.1. The largest absolute Gasteiger partial charge is 0.441 e. The number of hydrogen-bond donors (Lipinski definition) is 1. The van der Waals surface area contributed by atoms with Crippen LogP contribution in [0.25, 0.3) is 0 Å². The average Bonchev–Trinajstić information content (AvgIpc) is 2.80. The van der Waals surface area contributed by atoms with Gasteiger partial charge < -0.3 is 9.84 Å². The van der Waals surface area contributed by atoms with Crippen LogP contribution in [0.4, 0.5) is 4.79 Å². The standard InChI is InChI=1S/C20H26ClNO4/c1-13(2)10-11-15(23)17(21)18(24)22-16(20(3,4)26-19(22)25)12-14-8-6-5-7-9-14/h5-11,13,15-17,23H,12H2,1-4H3/b11-10+/t15-,16+,17+/m0/s1. The number of rotatable bonds is 6. The van der Waals surface area contributed by atoms with E-state index in [2.05, 4.69) is 0 Å². The van der Waals surface area contributed by atoms with Crippen LogP contribution in [0, 0.1) is 5.92 Å². The van der Waals surface area contributed by atoms with Gasteiger partial charge in [0.15, 0.2) is 0 Å². The molecule has 1 saturated heterocycles. The van der Waals surface area contributed by atoms with Crippen LogP contribution in [-0.4, -0.2) is 45.1 Å². The van der Waals surface area contributed by atoms with E-state index in [0.29, 0.717) is 6.42 Å². The van der Waals surface area contributed by atoms with E-state index in [9.17, 15) is 14.7 Å². The third kappa shape index (κ3) is 4.65. The van der Waals surface area contributed by atoms with Crippen LogP contribution in [0.1, 0.15) is 33.3 Å². The molecule has 142 valence electrons. The molecule has 0 unspecified atom stereocenters. The maximum atomic E-state index is 12.8. The Morgan fingerprint density at radius 2 is 1.92 bits per heavy atom. The second kappa shape index (κ2) is 8.23. The molecule has 1 aliphatic rings. The van der Waals surface area contributed by atoms with Crippen molar-refractivity contribution in [1.82, 2.24) is 4.90 Å². The maximum absolute atomic E-state index is 12.8. The minimum absolute atomic E-state index is 0.213. The molecule has 5 nitrogen and oxygen atoms in total. The van der Waals surface area contributed by atoms with Gasteiger partial charge in [-0.3, -0.25) is 4.79 Å². The van der Waals surface area contributed by atoms with Crippen molar-refractivity contribution in [1.29, 1.82) is 0 Å². The number of ether oxygens (including phenoxy) is 1. The zero-order valence-electron chi connectivity index (χ0n) is 15.6. The third-order valence-corrected chi connectivity index (χ3v) is 4.84. The number of cyclic esters (lactones) is 1. The Labute approximate surface area is 159 Å². The number of benzene rings is 1. The monoisotopic (exact) mass is 379 g/mol. The summed E-state index contributed by atoms with van der Waals surface area (Å²) in [6, 6.07) is 9.06. The highest BCUT2D eigenvalue weighted by molar-refractivity contribution is 6.32. The van der Waals surface area contributed by atoms with Crippen molar-refractivity contribution < 1.29 is 19.4 Å². The number of nitrogens with zero attached hydrogens (tertiary/aromatic N) is 1. The molecular weight excluding hydrogens is 354 g/mol. The fourth-order valence-electron chi connectivity index (χ4n) is 2.91. The van der Waals surface area contributed by atoms with Crippen LogP contribution < -0.4 is 0 Å². The zero-order chi connectivity index (χ0) is 19.5. The predicted octanol–water partition coefficient (Wildman–Crippen LogP) is 3.54. The minimum atomic E-state index is -1.26. The molecule has 1 aromatic rings. The quantitative estimate of drug-likeness (QED) is 0.606. The molecule has 0 spiro atoms. The minimum Gasteiger partial charge on any atom is -0.441 e. The highest BCUT2D eigenvalue weighted by atomic mass is 35.5. The van der Waals surface area contributed by atoms with Crippen molar-refractivity contribution in [3.8, 4) is 0 Å². The van der Waals surface area contributed by atoms with Crippen molar-refractivity contribution in [2.24, 2.45) is 5.92 Å². The molecule has 1 N–H and O–H groups in total. The summed E-state index contributed by atoms with van der Waals surface area (Å²) >= 11 is 6.17. The summed E-state index contributed by atoms with van der Waals surface area (Å²) in [5.74, 6) is -0.436. The van der Waals surface area contributed by atoms with Crippen LogP contribution in [-0.2, 0) is 16.0 Å². The van der Waals surface area contributed by atoms with Crippen molar-refractivity contribution in [2.75, 3.05) is 0 Å². The highest BCUT2D eigenvalue weighted by Crippen LogP contribution is 2.33. The number of carbonyl (C=O) groups excluding carboxylic acids is 2. The van der Waals surface area contributed by atoms with Crippen LogP contribution >= 0.6 is 11.6 Å². The third-order valence-electron chi connectivity index (χ3n) is 4.40. The molecule has 2 amide bonds. The summed E-state index contributed by atoms with van der Waals surface area (Å²) in [6.45, 7) is 7.43.